The van der Waals surface area contributed by atoms with Crippen LogP contribution in [-0.4, -0.2) is 27.8 Å². The maximum absolute atomic E-state index is 12.8. The van der Waals surface area contributed by atoms with Gasteiger partial charge in [0.1, 0.15) is 5.82 Å². The van der Waals surface area contributed by atoms with Crippen LogP contribution in [0.15, 0.2) is 78.9 Å². The third-order valence-corrected chi connectivity index (χ3v) is 5.05. The van der Waals surface area contributed by atoms with E-state index in [1.54, 1.807) is 6.07 Å². The highest BCUT2D eigenvalue weighted by atomic mass is 16.1. The highest BCUT2D eigenvalue weighted by Crippen LogP contribution is 2.17. The van der Waals surface area contributed by atoms with Crippen molar-refractivity contribution >= 4 is 22.7 Å². The van der Waals surface area contributed by atoms with Gasteiger partial charge in [-0.25, -0.2) is 4.98 Å². The Morgan fingerprint density at radius 1 is 0.900 bits per heavy atom. The van der Waals surface area contributed by atoms with Crippen molar-refractivity contribution in [2.45, 2.75) is 19.9 Å². The number of carbonyl (C=O) groups excluding carboxylic acids is 2. The van der Waals surface area contributed by atoms with E-state index >= 15 is 0 Å². The van der Waals surface area contributed by atoms with E-state index in [-0.39, 0.29) is 18.2 Å². The molecule has 150 valence electrons. The summed E-state index contributed by atoms with van der Waals surface area (Å²) in [7, 11) is 0. The maximum Gasteiger partial charge on any atom is 0.251 e. The maximum atomic E-state index is 12.8. The number of nitrogens with one attached hydrogen (secondary N) is 1. The lowest BCUT2D eigenvalue weighted by molar-refractivity contribution is 0.0948. The van der Waals surface area contributed by atoms with E-state index in [4.69, 9.17) is 4.98 Å². The number of fused-ring (bicyclic) bond motifs is 1. The Morgan fingerprint density at radius 3 is 2.43 bits per heavy atom. The molecule has 1 amide bonds. The second kappa shape index (κ2) is 8.74. The molecule has 0 atom stereocenters. The Morgan fingerprint density at radius 2 is 1.63 bits per heavy atom. The highest BCUT2D eigenvalue weighted by Gasteiger charge is 2.15. The number of aromatic nitrogens is 2. The predicted molar refractivity (Wildman–Crippen MR) is 118 cm³/mol. The fraction of sp³-hybridized carbons (Fsp3) is 0.160. The average molecular weight is 397 g/mol. The van der Waals surface area contributed by atoms with Crippen molar-refractivity contribution in [2.24, 2.45) is 0 Å². The zero-order valence-electron chi connectivity index (χ0n) is 16.8. The Balaban J connectivity index is 1.51. The number of ketones is 1. The van der Waals surface area contributed by atoms with Crippen LogP contribution in [0.1, 0.15) is 32.1 Å². The largest absolute Gasteiger partial charge is 0.352 e. The molecule has 30 heavy (non-hydrogen) atoms. The zero-order chi connectivity index (χ0) is 20.9. The number of Topliss-reactive ketones (excluding diaryl/α,β-unsaturated/α-hetero) is 1. The van der Waals surface area contributed by atoms with Gasteiger partial charge in [-0.3, -0.25) is 9.59 Å². The molecule has 0 spiro atoms. The van der Waals surface area contributed by atoms with E-state index in [0.29, 0.717) is 24.1 Å². The third-order valence-electron chi connectivity index (χ3n) is 5.05. The summed E-state index contributed by atoms with van der Waals surface area (Å²) in [5, 5.41) is 2.95. The molecular weight excluding hydrogens is 374 g/mol. The predicted octanol–water partition coefficient (Wildman–Crippen LogP) is 4.20. The smallest absolute Gasteiger partial charge is 0.251 e. The molecule has 1 heterocycles. The molecule has 0 bridgehead atoms. The Labute approximate surface area is 175 Å². The fourth-order valence-corrected chi connectivity index (χ4v) is 3.53. The lowest BCUT2D eigenvalue weighted by Crippen LogP contribution is -2.26. The molecular formula is C25H23N3O2. The lowest BCUT2D eigenvalue weighted by atomic mass is 10.1. The molecule has 0 fully saturated rings. The van der Waals surface area contributed by atoms with E-state index in [9.17, 15) is 9.59 Å². The van der Waals surface area contributed by atoms with Crippen LogP contribution in [0.25, 0.3) is 11.0 Å². The Bertz CT molecular complexity index is 1200. The topological polar surface area (TPSA) is 64.0 Å². The normalized spacial score (nSPS) is 10.8. The van der Waals surface area contributed by atoms with E-state index in [1.165, 1.54) is 0 Å². The summed E-state index contributed by atoms with van der Waals surface area (Å²) in [4.78, 5) is 29.9. The number of rotatable bonds is 7. The molecule has 4 rings (SSSR count). The van der Waals surface area contributed by atoms with Crippen molar-refractivity contribution in [2.75, 3.05) is 6.54 Å². The van der Waals surface area contributed by atoms with Crippen LogP contribution in [0.4, 0.5) is 0 Å². The number of nitrogens with zero attached hydrogens (tertiary/aromatic N) is 2. The fourth-order valence-electron chi connectivity index (χ4n) is 3.53. The highest BCUT2D eigenvalue weighted by molar-refractivity contribution is 5.96. The van der Waals surface area contributed by atoms with Gasteiger partial charge in [-0.1, -0.05) is 60.2 Å². The summed E-state index contributed by atoms with van der Waals surface area (Å²) in [6.07, 6.45) is 0.536. The SMILES string of the molecule is Cc1cccc(C(=O)NCCc2nc3ccccc3n2CC(=O)c2ccccc2)c1. The number of aryl methyl sites for hydroxylation is 1. The summed E-state index contributed by atoms with van der Waals surface area (Å²) >= 11 is 0. The third kappa shape index (κ3) is 4.30. The van der Waals surface area contributed by atoms with Crippen molar-refractivity contribution in [3.8, 4) is 0 Å². The Kier molecular flexibility index (Phi) is 5.70. The minimum Gasteiger partial charge on any atom is -0.352 e. The van der Waals surface area contributed by atoms with Gasteiger partial charge in [0.05, 0.1) is 17.6 Å². The van der Waals surface area contributed by atoms with E-state index < -0.39 is 0 Å². The van der Waals surface area contributed by atoms with Crippen molar-refractivity contribution in [3.05, 3.63) is 101 Å². The van der Waals surface area contributed by atoms with Gasteiger partial charge < -0.3 is 9.88 Å². The van der Waals surface area contributed by atoms with Crippen LogP contribution < -0.4 is 5.32 Å². The minimum absolute atomic E-state index is 0.0313. The molecule has 1 aromatic heterocycles. The van der Waals surface area contributed by atoms with Crippen LogP contribution in [0.2, 0.25) is 0 Å². The first-order valence-electron chi connectivity index (χ1n) is 9.99. The van der Waals surface area contributed by atoms with Crippen molar-refractivity contribution in [3.63, 3.8) is 0 Å². The second-order valence-electron chi connectivity index (χ2n) is 7.27. The van der Waals surface area contributed by atoms with Crippen LogP contribution in [0.3, 0.4) is 0 Å². The summed E-state index contributed by atoms with van der Waals surface area (Å²) in [6.45, 7) is 2.62. The number of imidazole rings is 1. The second-order valence-corrected chi connectivity index (χ2v) is 7.27. The minimum atomic E-state index is -0.110. The monoisotopic (exact) mass is 397 g/mol. The molecule has 3 aromatic carbocycles. The number of para-hydroxylation sites is 2. The van der Waals surface area contributed by atoms with Gasteiger partial charge in [-0.2, -0.15) is 0 Å². The van der Waals surface area contributed by atoms with E-state index in [2.05, 4.69) is 5.32 Å². The molecule has 1 N–H and O–H groups in total. The molecule has 5 nitrogen and oxygen atoms in total. The molecule has 0 saturated heterocycles. The summed E-state index contributed by atoms with van der Waals surface area (Å²) < 4.78 is 1.95. The van der Waals surface area contributed by atoms with Crippen molar-refractivity contribution in [1.29, 1.82) is 0 Å². The number of hydrogen-bond acceptors (Lipinski definition) is 3. The zero-order valence-corrected chi connectivity index (χ0v) is 16.8. The number of amides is 1. The van der Waals surface area contributed by atoms with Gasteiger partial charge in [-0.05, 0) is 31.2 Å². The first-order chi connectivity index (χ1) is 14.6. The Hall–Kier alpha value is -3.73. The molecule has 0 radical (unpaired) electrons. The van der Waals surface area contributed by atoms with E-state index in [1.807, 2.05) is 84.3 Å². The number of carbonyl (C=O) groups is 2. The number of benzene rings is 3. The molecule has 0 unspecified atom stereocenters. The molecule has 0 aliphatic carbocycles. The first kappa shape index (κ1) is 19.6. The van der Waals surface area contributed by atoms with Gasteiger partial charge in [0.25, 0.3) is 5.91 Å². The van der Waals surface area contributed by atoms with Crippen molar-refractivity contribution in [1.82, 2.24) is 14.9 Å². The first-order valence-corrected chi connectivity index (χ1v) is 9.99. The van der Waals surface area contributed by atoms with Crippen LogP contribution in [0, 0.1) is 6.92 Å². The molecule has 4 aromatic rings. The van der Waals surface area contributed by atoms with Gasteiger partial charge in [0.2, 0.25) is 0 Å². The number of hydrogen-bond donors (Lipinski definition) is 1. The van der Waals surface area contributed by atoms with Gasteiger partial charge in [0.15, 0.2) is 5.78 Å². The molecule has 0 aliphatic rings. The van der Waals surface area contributed by atoms with Gasteiger partial charge >= 0.3 is 0 Å². The molecule has 0 aliphatic heterocycles. The summed E-state index contributed by atoms with van der Waals surface area (Å²) in [5.41, 5.74) is 4.13. The average Bonchev–Trinajstić information content (AvgIpc) is 3.11. The van der Waals surface area contributed by atoms with Crippen LogP contribution in [-0.2, 0) is 13.0 Å². The quantitative estimate of drug-likeness (QED) is 0.476. The van der Waals surface area contributed by atoms with Gasteiger partial charge in [-0.15, -0.1) is 0 Å². The van der Waals surface area contributed by atoms with Crippen molar-refractivity contribution < 1.29 is 9.59 Å². The van der Waals surface area contributed by atoms with Crippen LogP contribution >= 0.6 is 0 Å². The van der Waals surface area contributed by atoms with Crippen LogP contribution in [0.5, 0.6) is 0 Å². The standard InChI is InChI=1S/C25H23N3O2/c1-18-8-7-11-20(16-18)25(30)26-15-14-24-27-21-12-5-6-13-22(21)28(24)17-23(29)19-9-3-2-4-10-19/h2-13,16H,14-15,17H2,1H3,(H,26,30). The van der Waals surface area contributed by atoms with Gasteiger partial charge in [0, 0.05) is 24.1 Å². The van der Waals surface area contributed by atoms with E-state index in [0.717, 1.165) is 22.4 Å². The molecule has 5 heteroatoms. The summed E-state index contributed by atoms with van der Waals surface area (Å²) in [6, 6.07) is 24.5. The summed E-state index contributed by atoms with van der Waals surface area (Å²) in [5.74, 6) is 0.704. The lowest BCUT2D eigenvalue weighted by Gasteiger charge is -2.10. The molecule has 0 saturated carbocycles.